The summed E-state index contributed by atoms with van der Waals surface area (Å²) in [5.74, 6) is 0.735. The summed E-state index contributed by atoms with van der Waals surface area (Å²) >= 11 is 0. The van der Waals surface area contributed by atoms with Crippen molar-refractivity contribution in [1.82, 2.24) is 10.2 Å². The van der Waals surface area contributed by atoms with Crippen LogP contribution in [0.5, 0.6) is 0 Å². The van der Waals surface area contributed by atoms with Crippen LogP contribution in [0.15, 0.2) is 0 Å². The predicted octanol–water partition coefficient (Wildman–Crippen LogP) is -0.763. The summed E-state index contributed by atoms with van der Waals surface area (Å²) in [6, 6.07) is 0. The number of hydrogen-bond donors (Lipinski definition) is 3. The van der Waals surface area contributed by atoms with Gasteiger partial charge in [0.25, 0.3) is 0 Å². The van der Waals surface area contributed by atoms with Crippen molar-refractivity contribution in [2.75, 3.05) is 39.8 Å². The van der Waals surface area contributed by atoms with Gasteiger partial charge in [0.2, 0.25) is 0 Å². The Labute approximate surface area is 86.5 Å². The van der Waals surface area contributed by atoms with Crippen molar-refractivity contribution in [3.63, 3.8) is 0 Å². The van der Waals surface area contributed by atoms with E-state index in [2.05, 4.69) is 17.3 Å². The van der Waals surface area contributed by atoms with Crippen molar-refractivity contribution in [2.45, 2.75) is 18.9 Å². The van der Waals surface area contributed by atoms with Crippen molar-refractivity contribution in [3.05, 3.63) is 0 Å². The van der Waals surface area contributed by atoms with Crippen LogP contribution < -0.4 is 11.1 Å². The predicted molar refractivity (Wildman–Crippen MR) is 58.2 cm³/mol. The number of rotatable bonds is 5. The van der Waals surface area contributed by atoms with Crippen LogP contribution in [0.3, 0.4) is 0 Å². The van der Waals surface area contributed by atoms with Gasteiger partial charge in [-0.2, -0.15) is 0 Å². The van der Waals surface area contributed by atoms with Crippen LogP contribution in [0.2, 0.25) is 0 Å². The maximum absolute atomic E-state index is 9.24. The van der Waals surface area contributed by atoms with Gasteiger partial charge in [-0.1, -0.05) is 0 Å². The first-order valence-electron chi connectivity index (χ1n) is 5.49. The fraction of sp³-hybridized carbons (Fsp3) is 1.00. The molecule has 0 saturated carbocycles. The van der Waals surface area contributed by atoms with Crippen LogP contribution in [0.1, 0.15) is 12.8 Å². The van der Waals surface area contributed by atoms with E-state index in [4.69, 9.17) is 5.73 Å². The van der Waals surface area contributed by atoms with Crippen LogP contribution in [0.25, 0.3) is 0 Å². The van der Waals surface area contributed by atoms with Gasteiger partial charge in [-0.15, -0.1) is 0 Å². The van der Waals surface area contributed by atoms with E-state index in [0.29, 0.717) is 13.1 Å². The van der Waals surface area contributed by atoms with E-state index in [-0.39, 0.29) is 0 Å². The molecule has 1 aliphatic heterocycles. The SMILES string of the molecule is CN1CCCC(CNCC(O)CN)C1. The average Bonchev–Trinajstić information content (AvgIpc) is 2.17. The fourth-order valence-corrected chi connectivity index (χ4v) is 1.98. The van der Waals surface area contributed by atoms with Gasteiger partial charge in [0.15, 0.2) is 0 Å². The molecule has 1 fully saturated rings. The third kappa shape index (κ3) is 4.37. The van der Waals surface area contributed by atoms with Gasteiger partial charge in [0.1, 0.15) is 0 Å². The minimum absolute atomic E-state index is 0.345. The lowest BCUT2D eigenvalue weighted by Crippen LogP contribution is -2.40. The summed E-state index contributed by atoms with van der Waals surface area (Å²) in [6.45, 7) is 4.36. The molecule has 1 rings (SSSR count). The standard InChI is InChI=1S/C10H23N3O/c1-13-4-2-3-9(8-13)6-12-7-10(14)5-11/h9-10,12,14H,2-8,11H2,1H3. The Morgan fingerprint density at radius 2 is 2.43 bits per heavy atom. The van der Waals surface area contributed by atoms with Crippen molar-refractivity contribution in [3.8, 4) is 0 Å². The van der Waals surface area contributed by atoms with Gasteiger partial charge in [-0.05, 0) is 38.9 Å². The summed E-state index contributed by atoms with van der Waals surface area (Å²) in [7, 11) is 2.17. The minimum Gasteiger partial charge on any atom is -0.390 e. The number of aliphatic hydroxyl groups excluding tert-OH is 1. The monoisotopic (exact) mass is 201 g/mol. The summed E-state index contributed by atoms with van der Waals surface area (Å²) in [5.41, 5.74) is 5.32. The third-order valence-electron chi connectivity index (χ3n) is 2.81. The Kier molecular flexibility index (Phi) is 5.40. The first-order chi connectivity index (χ1) is 6.72. The molecule has 4 heteroatoms. The molecule has 1 aliphatic rings. The van der Waals surface area contributed by atoms with E-state index >= 15 is 0 Å². The van der Waals surface area contributed by atoms with E-state index in [9.17, 15) is 5.11 Å². The zero-order valence-electron chi connectivity index (χ0n) is 9.08. The molecular weight excluding hydrogens is 178 g/mol. The third-order valence-corrected chi connectivity index (χ3v) is 2.81. The maximum atomic E-state index is 9.24. The zero-order valence-corrected chi connectivity index (χ0v) is 9.08. The van der Waals surface area contributed by atoms with Crippen LogP contribution in [-0.2, 0) is 0 Å². The topological polar surface area (TPSA) is 61.5 Å². The van der Waals surface area contributed by atoms with Crippen molar-refractivity contribution in [1.29, 1.82) is 0 Å². The molecule has 1 heterocycles. The molecule has 1 saturated heterocycles. The van der Waals surface area contributed by atoms with Crippen LogP contribution >= 0.6 is 0 Å². The molecule has 4 N–H and O–H groups in total. The summed E-state index contributed by atoms with van der Waals surface area (Å²) in [6.07, 6.45) is 2.20. The highest BCUT2D eigenvalue weighted by molar-refractivity contribution is 4.73. The zero-order chi connectivity index (χ0) is 10.4. The molecule has 4 nitrogen and oxygen atoms in total. The smallest absolute Gasteiger partial charge is 0.0786 e. The second-order valence-corrected chi connectivity index (χ2v) is 4.32. The molecule has 0 spiro atoms. The Morgan fingerprint density at radius 3 is 3.07 bits per heavy atom. The molecule has 0 amide bonds. The van der Waals surface area contributed by atoms with E-state index in [1.165, 1.54) is 25.9 Å². The maximum Gasteiger partial charge on any atom is 0.0786 e. The Hall–Kier alpha value is -0.160. The highest BCUT2D eigenvalue weighted by Crippen LogP contribution is 2.13. The van der Waals surface area contributed by atoms with Crippen molar-refractivity contribution < 1.29 is 5.11 Å². The van der Waals surface area contributed by atoms with Gasteiger partial charge in [-0.3, -0.25) is 0 Å². The Balaban J connectivity index is 2.05. The number of likely N-dealkylation sites (tertiary alicyclic amines) is 1. The summed E-state index contributed by atoms with van der Waals surface area (Å²) in [4.78, 5) is 2.37. The number of aliphatic hydroxyl groups is 1. The molecule has 84 valence electrons. The second kappa shape index (κ2) is 6.35. The fourth-order valence-electron chi connectivity index (χ4n) is 1.98. The Morgan fingerprint density at radius 1 is 1.64 bits per heavy atom. The first kappa shape index (κ1) is 11.9. The average molecular weight is 201 g/mol. The second-order valence-electron chi connectivity index (χ2n) is 4.32. The van der Waals surface area contributed by atoms with E-state index in [1.54, 1.807) is 0 Å². The van der Waals surface area contributed by atoms with E-state index in [0.717, 1.165) is 12.5 Å². The number of hydrogen-bond acceptors (Lipinski definition) is 4. The minimum atomic E-state index is -0.392. The Bertz CT molecular complexity index is 154. The van der Waals surface area contributed by atoms with Gasteiger partial charge >= 0.3 is 0 Å². The highest BCUT2D eigenvalue weighted by Gasteiger charge is 2.16. The largest absolute Gasteiger partial charge is 0.390 e. The van der Waals surface area contributed by atoms with E-state index in [1.807, 2.05) is 0 Å². The van der Waals surface area contributed by atoms with Gasteiger partial charge in [0, 0.05) is 19.6 Å². The molecule has 2 unspecified atom stereocenters. The molecule has 0 aromatic heterocycles. The molecular formula is C10H23N3O. The number of nitrogens with zero attached hydrogens (tertiary/aromatic N) is 1. The molecule has 0 aliphatic carbocycles. The molecule has 0 aromatic rings. The molecule has 0 radical (unpaired) electrons. The quantitative estimate of drug-likeness (QED) is 0.547. The normalized spacial score (nSPS) is 26.4. The van der Waals surface area contributed by atoms with Crippen LogP contribution in [0, 0.1) is 5.92 Å². The van der Waals surface area contributed by atoms with E-state index < -0.39 is 6.10 Å². The van der Waals surface area contributed by atoms with Crippen LogP contribution in [0.4, 0.5) is 0 Å². The number of piperidine rings is 1. The van der Waals surface area contributed by atoms with Crippen molar-refractivity contribution >= 4 is 0 Å². The first-order valence-corrected chi connectivity index (χ1v) is 5.49. The molecule has 0 bridgehead atoms. The molecule has 0 aromatic carbocycles. The van der Waals surface area contributed by atoms with Crippen molar-refractivity contribution in [2.24, 2.45) is 11.7 Å². The molecule has 14 heavy (non-hydrogen) atoms. The lowest BCUT2D eigenvalue weighted by atomic mass is 9.98. The van der Waals surface area contributed by atoms with Gasteiger partial charge < -0.3 is 21.1 Å². The van der Waals surface area contributed by atoms with Gasteiger partial charge in [0.05, 0.1) is 6.10 Å². The lowest BCUT2D eigenvalue weighted by molar-refractivity contribution is 0.167. The summed E-state index contributed by atoms with van der Waals surface area (Å²) in [5, 5.41) is 12.5. The number of nitrogens with one attached hydrogen (secondary N) is 1. The number of nitrogens with two attached hydrogens (primary N) is 1. The highest BCUT2D eigenvalue weighted by atomic mass is 16.3. The summed E-state index contributed by atoms with van der Waals surface area (Å²) < 4.78 is 0. The van der Waals surface area contributed by atoms with Crippen LogP contribution in [-0.4, -0.2) is 55.9 Å². The van der Waals surface area contributed by atoms with Gasteiger partial charge in [-0.25, -0.2) is 0 Å². The molecule has 2 atom stereocenters. The lowest BCUT2D eigenvalue weighted by Gasteiger charge is -2.30.